The second kappa shape index (κ2) is 5.75. The Balaban J connectivity index is 1.68. The van der Waals surface area contributed by atoms with Gasteiger partial charge in [0.25, 0.3) is 0 Å². The minimum absolute atomic E-state index is 0.163. The quantitative estimate of drug-likeness (QED) is 0.586. The van der Waals surface area contributed by atoms with Crippen LogP contribution in [-0.2, 0) is 6.42 Å². The molecule has 1 saturated carbocycles. The number of hydrogen-bond donors (Lipinski definition) is 0. The second-order valence-corrected chi connectivity index (χ2v) is 7.77. The van der Waals surface area contributed by atoms with Crippen LogP contribution in [0.25, 0.3) is 0 Å². The second-order valence-electron chi connectivity index (χ2n) is 4.96. The number of Topliss-reactive ketones (excluding diaryl/α,β-unsaturated/α-hetero) is 1. The van der Waals surface area contributed by atoms with Gasteiger partial charge in [0.05, 0.1) is 21.0 Å². The molecule has 0 spiro atoms. The Morgan fingerprint density at radius 2 is 2.26 bits per heavy atom. The third-order valence-corrected chi connectivity index (χ3v) is 5.38. The van der Waals surface area contributed by atoms with Crippen LogP contribution in [0.15, 0.2) is 23.7 Å². The Hall–Kier alpha value is -0.690. The van der Waals surface area contributed by atoms with Crippen molar-refractivity contribution in [3.05, 3.63) is 37.9 Å². The van der Waals surface area contributed by atoms with Crippen molar-refractivity contribution in [2.24, 2.45) is 0 Å². The van der Waals surface area contributed by atoms with E-state index in [9.17, 15) is 4.79 Å². The predicted molar refractivity (Wildman–Crippen MR) is 84.8 cm³/mol. The smallest absolute Gasteiger partial charge is 0.169 e. The van der Waals surface area contributed by atoms with Crippen molar-refractivity contribution in [3.8, 4) is 0 Å². The fourth-order valence-corrected chi connectivity index (χ4v) is 3.92. The fraction of sp³-hybridized carbons (Fsp3) is 0.429. The molecule has 5 heteroatoms. The molecule has 3 nitrogen and oxygen atoms in total. The molecule has 0 N–H and O–H groups in total. The van der Waals surface area contributed by atoms with Gasteiger partial charge in [-0.3, -0.25) is 9.48 Å². The average Bonchev–Trinajstić information content (AvgIpc) is 3.07. The van der Waals surface area contributed by atoms with E-state index in [0.717, 1.165) is 14.1 Å². The third kappa shape index (κ3) is 3.08. The first-order chi connectivity index (χ1) is 9.22. The Labute approximate surface area is 130 Å². The Morgan fingerprint density at radius 3 is 2.95 bits per heavy atom. The summed E-state index contributed by atoms with van der Waals surface area (Å²) in [7, 11) is 0. The molecule has 2 aromatic heterocycles. The summed E-state index contributed by atoms with van der Waals surface area (Å²) in [5.41, 5.74) is 1.70. The van der Waals surface area contributed by atoms with Gasteiger partial charge in [-0.2, -0.15) is 5.10 Å². The molecule has 0 amide bonds. The van der Waals surface area contributed by atoms with E-state index >= 15 is 0 Å². The zero-order valence-electron chi connectivity index (χ0n) is 10.5. The van der Waals surface area contributed by atoms with E-state index in [2.05, 4.69) is 27.7 Å². The van der Waals surface area contributed by atoms with Crippen LogP contribution in [0.1, 0.15) is 47.8 Å². The molecule has 2 heterocycles. The van der Waals surface area contributed by atoms with Gasteiger partial charge in [0.15, 0.2) is 5.78 Å². The number of thiophene rings is 1. The number of halogens is 1. The molecule has 1 aliphatic rings. The van der Waals surface area contributed by atoms with E-state index in [-0.39, 0.29) is 5.78 Å². The van der Waals surface area contributed by atoms with Crippen molar-refractivity contribution in [1.29, 1.82) is 0 Å². The maximum absolute atomic E-state index is 12.1. The third-order valence-electron chi connectivity index (χ3n) is 3.59. The highest BCUT2D eigenvalue weighted by Crippen LogP contribution is 2.28. The summed E-state index contributed by atoms with van der Waals surface area (Å²) >= 11 is 3.85. The maximum Gasteiger partial charge on any atom is 0.169 e. The highest BCUT2D eigenvalue weighted by atomic mass is 127. The SMILES string of the molecule is O=C(Cc1ccn(C2CCCC2)n1)c1csc(I)c1. The zero-order valence-corrected chi connectivity index (χ0v) is 13.5. The summed E-state index contributed by atoms with van der Waals surface area (Å²) < 4.78 is 3.20. The number of rotatable bonds is 4. The normalized spacial score (nSPS) is 16.1. The molecule has 1 fully saturated rings. The molecular weight excluding hydrogens is 371 g/mol. The van der Waals surface area contributed by atoms with Crippen molar-refractivity contribution in [2.75, 3.05) is 0 Å². The molecule has 2 aromatic rings. The number of carbonyl (C=O) groups is 1. The number of aromatic nitrogens is 2. The molecule has 3 rings (SSSR count). The number of hydrogen-bond acceptors (Lipinski definition) is 3. The van der Waals surface area contributed by atoms with E-state index in [1.54, 1.807) is 11.3 Å². The van der Waals surface area contributed by atoms with Crippen molar-refractivity contribution < 1.29 is 4.79 Å². The molecule has 19 heavy (non-hydrogen) atoms. The first-order valence-corrected chi connectivity index (χ1v) is 8.49. The van der Waals surface area contributed by atoms with Gasteiger partial charge in [-0.25, -0.2) is 0 Å². The molecule has 0 radical (unpaired) electrons. The largest absolute Gasteiger partial charge is 0.294 e. The Bertz CT molecular complexity index is 584. The van der Waals surface area contributed by atoms with E-state index in [4.69, 9.17) is 0 Å². The van der Waals surface area contributed by atoms with Gasteiger partial charge in [-0.05, 0) is 47.6 Å². The Morgan fingerprint density at radius 1 is 1.47 bits per heavy atom. The molecule has 0 aromatic carbocycles. The van der Waals surface area contributed by atoms with Gasteiger partial charge >= 0.3 is 0 Å². The van der Waals surface area contributed by atoms with E-state index in [0.29, 0.717) is 12.5 Å². The van der Waals surface area contributed by atoms with Crippen LogP contribution in [0, 0.1) is 2.88 Å². The number of ketones is 1. The van der Waals surface area contributed by atoms with Gasteiger partial charge in [-0.15, -0.1) is 11.3 Å². The number of nitrogens with zero attached hydrogens (tertiary/aromatic N) is 2. The zero-order chi connectivity index (χ0) is 13.2. The summed E-state index contributed by atoms with van der Waals surface area (Å²) in [5, 5.41) is 6.49. The summed E-state index contributed by atoms with van der Waals surface area (Å²) in [4.78, 5) is 12.1. The lowest BCUT2D eigenvalue weighted by atomic mass is 10.1. The highest BCUT2D eigenvalue weighted by molar-refractivity contribution is 14.1. The van der Waals surface area contributed by atoms with Crippen LogP contribution in [0.5, 0.6) is 0 Å². The molecule has 0 atom stereocenters. The maximum atomic E-state index is 12.1. The van der Waals surface area contributed by atoms with Gasteiger partial charge < -0.3 is 0 Å². The summed E-state index contributed by atoms with van der Waals surface area (Å²) in [5.74, 6) is 0.163. The molecule has 1 aliphatic carbocycles. The summed E-state index contributed by atoms with van der Waals surface area (Å²) in [6.45, 7) is 0. The van der Waals surface area contributed by atoms with Crippen LogP contribution < -0.4 is 0 Å². The van der Waals surface area contributed by atoms with Crippen molar-refractivity contribution in [2.45, 2.75) is 38.1 Å². The number of carbonyl (C=O) groups excluding carboxylic acids is 1. The lowest BCUT2D eigenvalue weighted by Crippen LogP contribution is -2.07. The molecule has 0 saturated heterocycles. The van der Waals surface area contributed by atoms with E-state index < -0.39 is 0 Å². The van der Waals surface area contributed by atoms with Crippen molar-refractivity contribution >= 4 is 39.7 Å². The van der Waals surface area contributed by atoms with E-state index in [1.165, 1.54) is 25.7 Å². The van der Waals surface area contributed by atoms with Gasteiger partial charge in [0, 0.05) is 17.1 Å². The van der Waals surface area contributed by atoms with E-state index in [1.807, 2.05) is 28.4 Å². The minimum atomic E-state index is 0.163. The topological polar surface area (TPSA) is 34.9 Å². The van der Waals surface area contributed by atoms with Crippen LogP contribution in [-0.4, -0.2) is 15.6 Å². The lowest BCUT2D eigenvalue weighted by molar-refractivity contribution is 0.0992. The molecule has 0 unspecified atom stereocenters. The summed E-state index contributed by atoms with van der Waals surface area (Å²) in [6.07, 6.45) is 7.47. The van der Waals surface area contributed by atoms with Crippen LogP contribution in [0.4, 0.5) is 0 Å². The first kappa shape index (κ1) is 13.3. The summed E-state index contributed by atoms with van der Waals surface area (Å²) in [6, 6.07) is 4.47. The lowest BCUT2D eigenvalue weighted by Gasteiger charge is -2.08. The standard InChI is InChI=1S/C14H15IN2OS/c15-14-7-10(9-19-14)13(18)8-11-5-6-17(16-11)12-3-1-2-4-12/h5-7,9,12H,1-4,8H2. The van der Waals surface area contributed by atoms with Gasteiger partial charge in [0.2, 0.25) is 0 Å². The van der Waals surface area contributed by atoms with Crippen molar-refractivity contribution in [3.63, 3.8) is 0 Å². The molecular formula is C14H15IN2OS. The van der Waals surface area contributed by atoms with Gasteiger partial charge in [0.1, 0.15) is 0 Å². The highest BCUT2D eigenvalue weighted by Gasteiger charge is 2.18. The Kier molecular flexibility index (Phi) is 4.02. The van der Waals surface area contributed by atoms with Crippen LogP contribution in [0.2, 0.25) is 0 Å². The molecule has 0 aliphatic heterocycles. The average molecular weight is 386 g/mol. The minimum Gasteiger partial charge on any atom is -0.294 e. The molecule has 100 valence electrons. The monoisotopic (exact) mass is 386 g/mol. The fourth-order valence-electron chi connectivity index (χ4n) is 2.57. The predicted octanol–water partition coefficient (Wildman–Crippen LogP) is 4.09. The van der Waals surface area contributed by atoms with Gasteiger partial charge in [-0.1, -0.05) is 12.8 Å². The molecule has 0 bridgehead atoms. The van der Waals surface area contributed by atoms with Crippen LogP contribution >= 0.6 is 33.9 Å². The first-order valence-electron chi connectivity index (χ1n) is 6.53. The van der Waals surface area contributed by atoms with Crippen molar-refractivity contribution in [1.82, 2.24) is 9.78 Å². The van der Waals surface area contributed by atoms with Crippen LogP contribution in [0.3, 0.4) is 0 Å².